The van der Waals surface area contributed by atoms with Crippen LogP contribution in [0, 0.1) is 24.0 Å². The Morgan fingerprint density at radius 1 is 1.47 bits per heavy atom. The summed E-state index contributed by atoms with van der Waals surface area (Å²) in [5.41, 5.74) is -0.594. The van der Waals surface area contributed by atoms with Crippen LogP contribution in [0.4, 0.5) is 8.78 Å². The molecule has 1 unspecified atom stereocenters. The Morgan fingerprint density at radius 2 is 2.06 bits per heavy atom. The molecule has 0 aromatic heterocycles. The van der Waals surface area contributed by atoms with Crippen molar-refractivity contribution in [3.63, 3.8) is 0 Å². The van der Waals surface area contributed by atoms with Crippen molar-refractivity contribution < 1.29 is 13.6 Å². The maximum absolute atomic E-state index is 13.3. The molecule has 1 N–H and O–H groups in total. The first kappa shape index (κ1) is 13.2. The van der Waals surface area contributed by atoms with E-state index in [1.807, 2.05) is 6.92 Å². The number of halogens is 2. The van der Waals surface area contributed by atoms with Gasteiger partial charge in [0, 0.05) is 0 Å². The zero-order valence-corrected chi connectivity index (χ0v) is 9.47. The molecule has 4 heteroatoms. The Bertz CT molecular complexity index is 431. The maximum Gasteiger partial charge on any atom is 0.258 e. The summed E-state index contributed by atoms with van der Waals surface area (Å²) in [4.78, 5) is 11.6. The highest BCUT2D eigenvalue weighted by Gasteiger charge is 2.18. The van der Waals surface area contributed by atoms with Gasteiger partial charge in [-0.2, -0.15) is 0 Å². The van der Waals surface area contributed by atoms with Crippen LogP contribution in [-0.4, -0.2) is 11.9 Å². The summed E-state index contributed by atoms with van der Waals surface area (Å²) in [6.07, 6.45) is 6.55. The minimum atomic E-state index is -0.894. The number of hydrogen-bond acceptors (Lipinski definition) is 1. The molecule has 0 heterocycles. The van der Waals surface area contributed by atoms with Crippen molar-refractivity contribution in [3.05, 3.63) is 35.4 Å². The molecule has 1 aromatic rings. The first-order valence-electron chi connectivity index (χ1n) is 5.31. The van der Waals surface area contributed by atoms with Crippen molar-refractivity contribution >= 4 is 5.91 Å². The summed E-state index contributed by atoms with van der Waals surface area (Å²) in [6.45, 7) is 1.90. The minimum Gasteiger partial charge on any atom is -0.338 e. The third kappa shape index (κ3) is 3.28. The highest BCUT2D eigenvalue weighted by Crippen LogP contribution is 2.12. The minimum absolute atomic E-state index is 0.508. The number of nitrogens with one attached hydrogen (secondary N) is 1. The highest BCUT2D eigenvalue weighted by molar-refractivity contribution is 5.95. The second kappa shape index (κ2) is 6.00. The van der Waals surface area contributed by atoms with Crippen LogP contribution in [0.15, 0.2) is 18.2 Å². The van der Waals surface area contributed by atoms with Crippen molar-refractivity contribution in [3.8, 4) is 12.3 Å². The predicted molar refractivity (Wildman–Crippen MR) is 61.4 cm³/mol. The molecule has 17 heavy (non-hydrogen) atoms. The molecular weight excluding hydrogens is 224 g/mol. The maximum atomic E-state index is 13.3. The first-order chi connectivity index (χ1) is 8.10. The molecular formula is C13H13F2NO. The lowest BCUT2D eigenvalue weighted by Crippen LogP contribution is -2.34. The summed E-state index contributed by atoms with van der Waals surface area (Å²) in [6, 6.07) is 2.75. The second-order valence-electron chi connectivity index (χ2n) is 3.58. The van der Waals surface area contributed by atoms with Crippen molar-refractivity contribution in [2.75, 3.05) is 0 Å². The highest BCUT2D eigenvalue weighted by atomic mass is 19.1. The molecule has 1 amide bonds. The predicted octanol–water partition coefficient (Wildman–Crippen LogP) is 2.50. The van der Waals surface area contributed by atoms with E-state index in [0.717, 1.165) is 18.6 Å². The van der Waals surface area contributed by atoms with Gasteiger partial charge in [-0.25, -0.2) is 8.78 Å². The van der Waals surface area contributed by atoms with Gasteiger partial charge >= 0.3 is 0 Å². The lowest BCUT2D eigenvalue weighted by Gasteiger charge is -2.12. The van der Waals surface area contributed by atoms with Gasteiger partial charge in [0.15, 0.2) is 0 Å². The quantitative estimate of drug-likeness (QED) is 0.801. The topological polar surface area (TPSA) is 29.1 Å². The van der Waals surface area contributed by atoms with Gasteiger partial charge in [0.05, 0.1) is 6.04 Å². The number of carbonyl (C=O) groups excluding carboxylic acids is 1. The number of rotatable bonds is 4. The standard InChI is InChI=1S/C13H13F2NO/c1-3-6-9(4-2)16-13(17)12-10(14)7-5-8-11(12)15/h2,5,7-9H,3,6H2,1H3,(H,16,17). The van der Waals surface area contributed by atoms with E-state index in [-0.39, 0.29) is 0 Å². The van der Waals surface area contributed by atoms with Gasteiger partial charge in [-0.05, 0) is 18.6 Å². The van der Waals surface area contributed by atoms with Gasteiger partial charge in [0.25, 0.3) is 5.91 Å². The molecule has 2 nitrogen and oxygen atoms in total. The SMILES string of the molecule is C#CC(CCC)NC(=O)c1c(F)cccc1F. The molecule has 0 saturated carbocycles. The van der Waals surface area contributed by atoms with Crippen molar-refractivity contribution in [2.45, 2.75) is 25.8 Å². The van der Waals surface area contributed by atoms with Crippen LogP contribution in [-0.2, 0) is 0 Å². The fourth-order valence-electron chi connectivity index (χ4n) is 1.43. The molecule has 90 valence electrons. The molecule has 0 aliphatic rings. The fraction of sp³-hybridized carbons (Fsp3) is 0.308. The zero-order valence-electron chi connectivity index (χ0n) is 9.47. The average Bonchev–Trinajstić information content (AvgIpc) is 2.28. The Hall–Kier alpha value is -1.89. The van der Waals surface area contributed by atoms with Gasteiger partial charge in [0.1, 0.15) is 17.2 Å². The van der Waals surface area contributed by atoms with Gasteiger partial charge in [-0.3, -0.25) is 4.79 Å². The van der Waals surface area contributed by atoms with E-state index in [1.165, 1.54) is 6.07 Å². The summed E-state index contributed by atoms with van der Waals surface area (Å²) < 4.78 is 26.6. The van der Waals surface area contributed by atoms with E-state index in [4.69, 9.17) is 6.42 Å². The molecule has 1 rings (SSSR count). The molecule has 1 atom stereocenters. The van der Waals surface area contributed by atoms with Crippen LogP contribution >= 0.6 is 0 Å². The summed E-state index contributed by atoms with van der Waals surface area (Å²) in [5.74, 6) is -0.244. The Balaban J connectivity index is 2.87. The van der Waals surface area contributed by atoms with E-state index in [2.05, 4.69) is 11.2 Å². The normalized spacial score (nSPS) is 11.6. The number of benzene rings is 1. The van der Waals surface area contributed by atoms with Gasteiger partial charge in [0.2, 0.25) is 0 Å². The molecule has 0 aliphatic heterocycles. The van der Waals surface area contributed by atoms with Gasteiger partial charge in [-0.1, -0.05) is 25.3 Å². The van der Waals surface area contributed by atoms with E-state index < -0.39 is 29.1 Å². The van der Waals surface area contributed by atoms with E-state index in [9.17, 15) is 13.6 Å². The monoisotopic (exact) mass is 237 g/mol. The van der Waals surface area contributed by atoms with Gasteiger partial charge < -0.3 is 5.32 Å². The largest absolute Gasteiger partial charge is 0.338 e. The third-order valence-electron chi connectivity index (χ3n) is 2.27. The average molecular weight is 237 g/mol. The lowest BCUT2D eigenvalue weighted by atomic mass is 10.1. The Kier molecular flexibility index (Phi) is 4.65. The second-order valence-corrected chi connectivity index (χ2v) is 3.58. The summed E-state index contributed by atoms with van der Waals surface area (Å²) in [7, 11) is 0. The van der Waals surface area contributed by atoms with Gasteiger partial charge in [-0.15, -0.1) is 6.42 Å². The van der Waals surface area contributed by atoms with Crippen LogP contribution in [0.25, 0.3) is 0 Å². The molecule has 0 aliphatic carbocycles. The number of amides is 1. The van der Waals surface area contributed by atoms with E-state index in [1.54, 1.807) is 0 Å². The van der Waals surface area contributed by atoms with Crippen LogP contribution in [0.2, 0.25) is 0 Å². The van der Waals surface area contributed by atoms with Crippen LogP contribution in [0.1, 0.15) is 30.1 Å². The Labute approximate surface area is 99.0 Å². The molecule has 1 aromatic carbocycles. The number of terminal acetylenes is 1. The molecule has 0 spiro atoms. The van der Waals surface area contributed by atoms with E-state index >= 15 is 0 Å². The Morgan fingerprint density at radius 3 is 2.53 bits per heavy atom. The van der Waals surface area contributed by atoms with Crippen molar-refractivity contribution in [2.24, 2.45) is 0 Å². The van der Waals surface area contributed by atoms with Crippen LogP contribution < -0.4 is 5.32 Å². The van der Waals surface area contributed by atoms with Crippen LogP contribution in [0.5, 0.6) is 0 Å². The molecule has 0 radical (unpaired) electrons. The van der Waals surface area contributed by atoms with E-state index in [0.29, 0.717) is 6.42 Å². The number of hydrogen-bond donors (Lipinski definition) is 1. The third-order valence-corrected chi connectivity index (χ3v) is 2.27. The molecule has 0 bridgehead atoms. The molecule has 0 saturated heterocycles. The fourth-order valence-corrected chi connectivity index (χ4v) is 1.43. The smallest absolute Gasteiger partial charge is 0.258 e. The summed E-state index contributed by atoms with van der Waals surface area (Å²) >= 11 is 0. The first-order valence-corrected chi connectivity index (χ1v) is 5.31. The zero-order chi connectivity index (χ0) is 12.8. The van der Waals surface area contributed by atoms with Crippen LogP contribution in [0.3, 0.4) is 0 Å². The van der Waals surface area contributed by atoms with Crippen molar-refractivity contribution in [1.29, 1.82) is 0 Å². The lowest BCUT2D eigenvalue weighted by molar-refractivity contribution is 0.0936. The summed E-state index contributed by atoms with van der Waals surface area (Å²) in [5, 5.41) is 2.41. The van der Waals surface area contributed by atoms with Crippen molar-refractivity contribution in [1.82, 2.24) is 5.32 Å². The molecule has 0 fully saturated rings. The number of carbonyl (C=O) groups is 1.